The van der Waals surface area contributed by atoms with Crippen molar-refractivity contribution in [3.05, 3.63) is 59.9 Å². The minimum absolute atomic E-state index is 0.0848. The Morgan fingerprint density at radius 2 is 2.22 bits per heavy atom. The fraction of sp³-hybridized carbons (Fsp3) is 0.350. The molecule has 2 amide bonds. The van der Waals surface area contributed by atoms with E-state index >= 15 is 0 Å². The molecule has 0 aliphatic heterocycles. The van der Waals surface area contributed by atoms with E-state index in [1.807, 2.05) is 12.1 Å². The Morgan fingerprint density at radius 3 is 2.96 bits per heavy atom. The number of H-pyrrole nitrogens is 1. The van der Waals surface area contributed by atoms with E-state index in [0.29, 0.717) is 23.4 Å². The van der Waals surface area contributed by atoms with Crippen LogP contribution in [0.15, 0.2) is 42.7 Å². The number of amides is 2. The lowest BCUT2D eigenvalue weighted by molar-refractivity contribution is 0.200. The van der Waals surface area contributed by atoms with Crippen molar-refractivity contribution in [3.8, 4) is 0 Å². The van der Waals surface area contributed by atoms with Crippen molar-refractivity contribution >= 4 is 17.1 Å². The van der Waals surface area contributed by atoms with Crippen molar-refractivity contribution in [1.29, 1.82) is 0 Å². The standard InChI is InChI=1S/C20H24FN5O/c1-3-4-7-16(14-6-5-10-22-12-14)25-20(27)26(2)13-19-23-17-9-8-15(21)11-18(17)24-19/h5-6,8-12,16H,3-4,7,13H2,1-2H3,(H,23,24)(H,25,27). The van der Waals surface area contributed by atoms with Crippen molar-refractivity contribution in [1.82, 2.24) is 25.2 Å². The largest absolute Gasteiger partial charge is 0.340 e. The molecule has 0 radical (unpaired) electrons. The number of halogens is 1. The Balaban J connectivity index is 1.67. The minimum atomic E-state index is -0.320. The number of hydrogen-bond donors (Lipinski definition) is 2. The molecule has 0 fully saturated rings. The summed E-state index contributed by atoms with van der Waals surface area (Å²) < 4.78 is 13.3. The van der Waals surface area contributed by atoms with Gasteiger partial charge in [-0.1, -0.05) is 25.8 Å². The molecule has 0 saturated heterocycles. The number of hydrogen-bond acceptors (Lipinski definition) is 3. The van der Waals surface area contributed by atoms with Gasteiger partial charge in [0.25, 0.3) is 0 Å². The second-order valence-corrected chi connectivity index (χ2v) is 6.63. The molecule has 142 valence electrons. The molecule has 0 saturated carbocycles. The first-order valence-corrected chi connectivity index (χ1v) is 9.12. The molecule has 2 N–H and O–H groups in total. The number of fused-ring (bicyclic) bond motifs is 1. The Labute approximate surface area is 157 Å². The average Bonchev–Trinajstić information content (AvgIpc) is 3.06. The van der Waals surface area contributed by atoms with Gasteiger partial charge in [0.2, 0.25) is 0 Å². The maximum atomic E-state index is 13.3. The van der Waals surface area contributed by atoms with Crippen LogP contribution >= 0.6 is 0 Å². The third-order valence-electron chi connectivity index (χ3n) is 4.46. The molecule has 27 heavy (non-hydrogen) atoms. The van der Waals surface area contributed by atoms with Crippen molar-refractivity contribution < 1.29 is 9.18 Å². The quantitative estimate of drug-likeness (QED) is 0.656. The van der Waals surface area contributed by atoms with Crippen molar-refractivity contribution in [2.24, 2.45) is 0 Å². The van der Waals surface area contributed by atoms with E-state index < -0.39 is 0 Å². The van der Waals surface area contributed by atoms with Gasteiger partial charge in [-0.3, -0.25) is 4.98 Å². The smallest absolute Gasteiger partial charge is 0.318 e. The number of pyridine rings is 1. The van der Waals surface area contributed by atoms with Gasteiger partial charge in [0.15, 0.2) is 0 Å². The summed E-state index contributed by atoms with van der Waals surface area (Å²) in [6, 6.07) is 7.96. The van der Waals surface area contributed by atoms with Gasteiger partial charge in [-0.15, -0.1) is 0 Å². The summed E-state index contributed by atoms with van der Waals surface area (Å²) >= 11 is 0. The molecule has 2 aromatic heterocycles. The Bertz CT molecular complexity index is 896. The molecule has 0 bridgehead atoms. The van der Waals surface area contributed by atoms with Crippen LogP contribution in [0.25, 0.3) is 11.0 Å². The van der Waals surface area contributed by atoms with Crippen LogP contribution in [-0.2, 0) is 6.54 Å². The van der Waals surface area contributed by atoms with E-state index in [9.17, 15) is 9.18 Å². The van der Waals surface area contributed by atoms with Crippen LogP contribution in [0.3, 0.4) is 0 Å². The van der Waals surface area contributed by atoms with Crippen molar-refractivity contribution in [3.63, 3.8) is 0 Å². The number of carbonyl (C=O) groups is 1. The monoisotopic (exact) mass is 369 g/mol. The SMILES string of the molecule is CCCCC(NC(=O)N(C)Cc1nc2ccc(F)cc2[nH]1)c1cccnc1. The van der Waals surface area contributed by atoms with Gasteiger partial charge in [0.1, 0.15) is 11.6 Å². The molecule has 0 aliphatic rings. The zero-order valence-electron chi connectivity index (χ0n) is 15.6. The summed E-state index contributed by atoms with van der Waals surface area (Å²) in [6.07, 6.45) is 6.43. The first-order chi connectivity index (χ1) is 13.1. The van der Waals surface area contributed by atoms with Crippen LogP contribution < -0.4 is 5.32 Å². The highest BCUT2D eigenvalue weighted by atomic mass is 19.1. The Morgan fingerprint density at radius 1 is 1.37 bits per heavy atom. The molecule has 6 nitrogen and oxygen atoms in total. The number of urea groups is 1. The first-order valence-electron chi connectivity index (χ1n) is 9.12. The molecule has 1 atom stereocenters. The summed E-state index contributed by atoms with van der Waals surface area (Å²) in [4.78, 5) is 25.8. The highest BCUT2D eigenvalue weighted by Crippen LogP contribution is 2.19. The number of nitrogens with one attached hydrogen (secondary N) is 2. The molecule has 1 unspecified atom stereocenters. The lowest BCUT2D eigenvalue weighted by Gasteiger charge is -2.23. The zero-order valence-corrected chi connectivity index (χ0v) is 15.6. The summed E-state index contributed by atoms with van der Waals surface area (Å²) in [5.41, 5.74) is 2.29. The van der Waals surface area contributed by atoms with Crippen LogP contribution in [0.1, 0.15) is 43.6 Å². The van der Waals surface area contributed by atoms with Crippen LogP contribution in [-0.4, -0.2) is 32.9 Å². The fourth-order valence-corrected chi connectivity index (χ4v) is 2.98. The van der Waals surface area contributed by atoms with Gasteiger partial charge in [-0.25, -0.2) is 14.2 Å². The molecule has 3 rings (SSSR count). The zero-order chi connectivity index (χ0) is 19.2. The predicted molar refractivity (Wildman–Crippen MR) is 103 cm³/mol. The number of nitrogens with zero attached hydrogens (tertiary/aromatic N) is 3. The number of carbonyl (C=O) groups excluding carboxylic acids is 1. The topological polar surface area (TPSA) is 73.9 Å². The van der Waals surface area contributed by atoms with Crippen LogP contribution in [0.4, 0.5) is 9.18 Å². The van der Waals surface area contributed by atoms with Crippen LogP contribution in [0.2, 0.25) is 0 Å². The minimum Gasteiger partial charge on any atom is -0.340 e. The molecule has 1 aromatic carbocycles. The predicted octanol–water partition coefficient (Wildman–Crippen LogP) is 4.17. The molecule has 3 aromatic rings. The summed E-state index contributed by atoms with van der Waals surface area (Å²) in [6.45, 7) is 2.42. The maximum absolute atomic E-state index is 13.3. The fourth-order valence-electron chi connectivity index (χ4n) is 2.98. The van der Waals surface area contributed by atoms with Crippen LogP contribution in [0.5, 0.6) is 0 Å². The highest BCUT2D eigenvalue weighted by Gasteiger charge is 2.18. The van der Waals surface area contributed by atoms with E-state index in [4.69, 9.17) is 0 Å². The summed E-state index contributed by atoms with van der Waals surface area (Å²) in [5, 5.41) is 3.08. The molecule has 7 heteroatoms. The van der Waals surface area contributed by atoms with Gasteiger partial charge in [0.05, 0.1) is 23.6 Å². The Hall–Kier alpha value is -2.96. The van der Waals surface area contributed by atoms with Gasteiger partial charge < -0.3 is 15.2 Å². The normalized spacial score (nSPS) is 12.1. The van der Waals surface area contributed by atoms with E-state index in [-0.39, 0.29) is 17.9 Å². The second-order valence-electron chi connectivity index (χ2n) is 6.63. The Kier molecular flexibility index (Phi) is 6.01. The molecule has 0 spiro atoms. The molecule has 0 aliphatic carbocycles. The molecular weight excluding hydrogens is 345 g/mol. The summed E-state index contributed by atoms with van der Waals surface area (Å²) in [5.74, 6) is 0.291. The number of unbranched alkanes of at least 4 members (excludes halogenated alkanes) is 1. The third-order valence-corrected chi connectivity index (χ3v) is 4.46. The van der Waals surface area contributed by atoms with Crippen molar-refractivity contribution in [2.75, 3.05) is 7.05 Å². The van der Waals surface area contributed by atoms with Gasteiger partial charge in [0, 0.05) is 19.4 Å². The van der Waals surface area contributed by atoms with E-state index in [1.54, 1.807) is 30.4 Å². The first kappa shape index (κ1) is 18.8. The summed E-state index contributed by atoms with van der Waals surface area (Å²) in [7, 11) is 1.71. The highest BCUT2D eigenvalue weighted by molar-refractivity contribution is 5.76. The second kappa shape index (κ2) is 8.62. The molecule has 2 heterocycles. The van der Waals surface area contributed by atoms with Gasteiger partial charge in [-0.2, -0.15) is 0 Å². The maximum Gasteiger partial charge on any atom is 0.318 e. The number of rotatable bonds is 7. The van der Waals surface area contributed by atoms with Crippen LogP contribution in [0, 0.1) is 5.82 Å². The number of imidazole rings is 1. The lowest BCUT2D eigenvalue weighted by Crippen LogP contribution is -2.39. The average molecular weight is 369 g/mol. The number of aromatic nitrogens is 3. The van der Waals surface area contributed by atoms with E-state index in [1.165, 1.54) is 12.1 Å². The van der Waals surface area contributed by atoms with Gasteiger partial charge >= 0.3 is 6.03 Å². The van der Waals surface area contributed by atoms with E-state index in [2.05, 4.69) is 27.2 Å². The number of aromatic amines is 1. The van der Waals surface area contributed by atoms with Gasteiger partial charge in [-0.05, 0) is 36.2 Å². The molecular formula is C20H24FN5O. The van der Waals surface area contributed by atoms with E-state index in [0.717, 1.165) is 24.8 Å². The third kappa shape index (κ3) is 4.81. The van der Waals surface area contributed by atoms with Crippen molar-refractivity contribution in [2.45, 2.75) is 38.8 Å². The lowest BCUT2D eigenvalue weighted by atomic mass is 10.0. The number of benzene rings is 1.